The largest absolute Gasteiger partial charge is 0.392 e. The first kappa shape index (κ1) is 19.3. The molecular formula is C15H30N2O2S. The zero-order valence-electron chi connectivity index (χ0n) is 13.3. The minimum Gasteiger partial charge on any atom is -0.392 e. The van der Waals surface area contributed by atoms with Crippen LogP contribution in [0.4, 0.5) is 0 Å². The van der Waals surface area contributed by atoms with E-state index < -0.39 is 5.41 Å². The number of ether oxygens (including phenoxy) is 1. The topological polar surface area (TPSA) is 64.3 Å². The van der Waals surface area contributed by atoms with E-state index in [0.29, 0.717) is 24.4 Å². The van der Waals surface area contributed by atoms with Gasteiger partial charge in [0.25, 0.3) is 0 Å². The van der Waals surface area contributed by atoms with Gasteiger partial charge in [-0.15, -0.1) is 0 Å². The summed E-state index contributed by atoms with van der Waals surface area (Å²) in [4.78, 5) is 13.0. The predicted molar refractivity (Wildman–Crippen MR) is 87.7 cm³/mol. The van der Waals surface area contributed by atoms with Crippen LogP contribution in [0.5, 0.6) is 0 Å². The first-order valence-electron chi connectivity index (χ1n) is 7.58. The van der Waals surface area contributed by atoms with Gasteiger partial charge >= 0.3 is 0 Å². The molecule has 118 valence electrons. The summed E-state index contributed by atoms with van der Waals surface area (Å²) in [5.41, 5.74) is 5.20. The Bertz CT molecular complexity index is 296. The maximum absolute atomic E-state index is 12.7. The van der Waals surface area contributed by atoms with Crippen molar-refractivity contribution in [1.82, 2.24) is 5.32 Å². The lowest BCUT2D eigenvalue weighted by molar-refractivity contribution is -0.129. The Morgan fingerprint density at radius 2 is 1.80 bits per heavy atom. The average molecular weight is 302 g/mol. The monoisotopic (exact) mass is 302 g/mol. The van der Waals surface area contributed by atoms with Crippen LogP contribution >= 0.6 is 12.2 Å². The highest BCUT2D eigenvalue weighted by atomic mass is 32.1. The van der Waals surface area contributed by atoms with Crippen molar-refractivity contribution >= 4 is 23.1 Å². The number of nitrogens with two attached hydrogens (primary N) is 1. The first-order valence-corrected chi connectivity index (χ1v) is 7.99. The van der Waals surface area contributed by atoms with Crippen LogP contribution in [0.1, 0.15) is 59.3 Å². The molecule has 0 saturated carbocycles. The van der Waals surface area contributed by atoms with Crippen molar-refractivity contribution in [2.24, 2.45) is 11.1 Å². The van der Waals surface area contributed by atoms with Gasteiger partial charge in [0.15, 0.2) is 0 Å². The minimum absolute atomic E-state index is 0.0277. The summed E-state index contributed by atoms with van der Waals surface area (Å²) >= 11 is 5.20. The van der Waals surface area contributed by atoms with Crippen LogP contribution in [-0.2, 0) is 9.53 Å². The third kappa shape index (κ3) is 5.37. The Labute approximate surface area is 128 Å². The number of thiocarbonyl (C=S) groups is 1. The summed E-state index contributed by atoms with van der Waals surface area (Å²) in [6.45, 7) is 6.71. The molecule has 0 saturated heterocycles. The Morgan fingerprint density at radius 1 is 1.25 bits per heavy atom. The molecule has 0 radical (unpaired) electrons. The fraction of sp³-hybridized carbons (Fsp3) is 0.867. The molecule has 1 amide bonds. The Hall–Kier alpha value is -0.680. The van der Waals surface area contributed by atoms with Crippen molar-refractivity contribution in [2.45, 2.75) is 65.3 Å². The second kappa shape index (κ2) is 10.1. The SMILES string of the molecule is CCCC(COC)NC(=O)C(CCC)(CCC)C(N)=S. The second-order valence-electron chi connectivity index (χ2n) is 5.36. The van der Waals surface area contributed by atoms with Crippen molar-refractivity contribution in [3.63, 3.8) is 0 Å². The normalized spacial score (nSPS) is 13.0. The minimum atomic E-state index is -0.710. The maximum Gasteiger partial charge on any atom is 0.233 e. The molecule has 0 aliphatic rings. The molecule has 0 fully saturated rings. The third-order valence-electron chi connectivity index (χ3n) is 3.60. The van der Waals surface area contributed by atoms with E-state index in [1.54, 1.807) is 7.11 Å². The summed E-state index contributed by atoms with van der Waals surface area (Å²) in [5.74, 6) is -0.0378. The molecule has 0 aliphatic heterocycles. The van der Waals surface area contributed by atoms with E-state index >= 15 is 0 Å². The standard InChI is InChI=1S/C15H30N2O2S/c1-5-8-12(11-19-4)17-14(18)15(9-6-2,10-7-3)13(16)20/h12H,5-11H2,1-4H3,(H2,16,20)(H,17,18). The summed E-state index contributed by atoms with van der Waals surface area (Å²) in [7, 11) is 1.65. The van der Waals surface area contributed by atoms with E-state index in [4.69, 9.17) is 22.7 Å². The summed E-state index contributed by atoms with van der Waals surface area (Å²) < 4.78 is 5.17. The van der Waals surface area contributed by atoms with E-state index in [9.17, 15) is 4.79 Å². The molecular weight excluding hydrogens is 272 g/mol. The fourth-order valence-corrected chi connectivity index (χ4v) is 2.93. The van der Waals surface area contributed by atoms with Gasteiger partial charge in [0.05, 0.1) is 23.1 Å². The highest BCUT2D eigenvalue weighted by Gasteiger charge is 2.40. The van der Waals surface area contributed by atoms with Gasteiger partial charge in [-0.3, -0.25) is 4.79 Å². The van der Waals surface area contributed by atoms with Crippen LogP contribution in [0.25, 0.3) is 0 Å². The number of rotatable bonds is 11. The zero-order chi connectivity index (χ0) is 15.6. The summed E-state index contributed by atoms with van der Waals surface area (Å²) in [6, 6.07) is 0.0277. The van der Waals surface area contributed by atoms with Crippen molar-refractivity contribution in [2.75, 3.05) is 13.7 Å². The number of amides is 1. The van der Waals surface area contributed by atoms with Crippen molar-refractivity contribution in [3.8, 4) is 0 Å². The van der Waals surface area contributed by atoms with E-state index in [2.05, 4.69) is 26.1 Å². The van der Waals surface area contributed by atoms with E-state index in [1.165, 1.54) is 0 Å². The van der Waals surface area contributed by atoms with E-state index in [0.717, 1.165) is 25.7 Å². The highest BCUT2D eigenvalue weighted by Crippen LogP contribution is 2.31. The number of nitrogens with one attached hydrogen (secondary N) is 1. The van der Waals surface area contributed by atoms with Gasteiger partial charge in [-0.1, -0.05) is 52.3 Å². The van der Waals surface area contributed by atoms with Crippen LogP contribution in [0, 0.1) is 5.41 Å². The van der Waals surface area contributed by atoms with Gasteiger partial charge in [-0.2, -0.15) is 0 Å². The molecule has 1 atom stereocenters. The zero-order valence-corrected chi connectivity index (χ0v) is 14.1. The van der Waals surface area contributed by atoms with Gasteiger partial charge in [-0.05, 0) is 19.3 Å². The Balaban J connectivity index is 5.05. The molecule has 0 heterocycles. The number of carbonyl (C=O) groups is 1. The number of hydrogen-bond donors (Lipinski definition) is 2. The lowest BCUT2D eigenvalue weighted by atomic mass is 9.78. The smallest absolute Gasteiger partial charge is 0.233 e. The van der Waals surface area contributed by atoms with Crippen LogP contribution in [0.15, 0.2) is 0 Å². The van der Waals surface area contributed by atoms with Crippen molar-refractivity contribution < 1.29 is 9.53 Å². The van der Waals surface area contributed by atoms with Crippen molar-refractivity contribution in [1.29, 1.82) is 0 Å². The molecule has 20 heavy (non-hydrogen) atoms. The number of hydrogen-bond acceptors (Lipinski definition) is 3. The lowest BCUT2D eigenvalue weighted by Gasteiger charge is -2.33. The van der Waals surface area contributed by atoms with E-state index in [1.807, 2.05) is 0 Å². The number of methoxy groups -OCH3 is 1. The molecule has 0 aromatic rings. The molecule has 1 unspecified atom stereocenters. The van der Waals surface area contributed by atoms with Crippen LogP contribution in [-0.4, -0.2) is 30.7 Å². The van der Waals surface area contributed by atoms with E-state index in [-0.39, 0.29) is 11.9 Å². The van der Waals surface area contributed by atoms with Crippen LogP contribution < -0.4 is 11.1 Å². The van der Waals surface area contributed by atoms with Crippen LogP contribution in [0.3, 0.4) is 0 Å². The van der Waals surface area contributed by atoms with Gasteiger partial charge in [0.2, 0.25) is 5.91 Å². The second-order valence-corrected chi connectivity index (χ2v) is 5.80. The molecule has 0 aromatic carbocycles. The lowest BCUT2D eigenvalue weighted by Crippen LogP contribution is -2.52. The van der Waals surface area contributed by atoms with Gasteiger partial charge in [0, 0.05) is 7.11 Å². The summed E-state index contributed by atoms with van der Waals surface area (Å²) in [6.07, 6.45) is 5.06. The van der Waals surface area contributed by atoms with Gasteiger partial charge in [0.1, 0.15) is 0 Å². The average Bonchev–Trinajstić information content (AvgIpc) is 2.38. The molecule has 0 spiro atoms. The fourth-order valence-electron chi connectivity index (χ4n) is 2.63. The molecule has 0 aliphatic carbocycles. The molecule has 5 heteroatoms. The molecule has 3 N–H and O–H groups in total. The predicted octanol–water partition coefficient (Wildman–Crippen LogP) is 2.79. The molecule has 0 aromatic heterocycles. The van der Waals surface area contributed by atoms with Gasteiger partial charge < -0.3 is 15.8 Å². The Kier molecular flexibility index (Phi) is 9.76. The Morgan fingerprint density at radius 3 is 2.15 bits per heavy atom. The molecule has 0 bridgehead atoms. The summed E-state index contributed by atoms with van der Waals surface area (Å²) in [5, 5.41) is 3.08. The highest BCUT2D eigenvalue weighted by molar-refractivity contribution is 7.80. The first-order chi connectivity index (χ1) is 9.48. The number of carbonyl (C=O) groups excluding carboxylic acids is 1. The van der Waals surface area contributed by atoms with Crippen LogP contribution in [0.2, 0.25) is 0 Å². The third-order valence-corrected chi connectivity index (χ3v) is 3.99. The maximum atomic E-state index is 12.7. The quantitative estimate of drug-likeness (QED) is 0.576. The molecule has 0 rings (SSSR count). The molecule has 4 nitrogen and oxygen atoms in total. The van der Waals surface area contributed by atoms with Crippen molar-refractivity contribution in [3.05, 3.63) is 0 Å². The van der Waals surface area contributed by atoms with Gasteiger partial charge in [-0.25, -0.2) is 0 Å².